The number of nitrogens with zero attached hydrogens (tertiary/aromatic N) is 3. The molecule has 152 valence electrons. The van der Waals surface area contributed by atoms with Gasteiger partial charge in [0.1, 0.15) is 5.76 Å². The molecular weight excluding hydrogens is 420 g/mol. The first kappa shape index (κ1) is 20.3. The van der Waals surface area contributed by atoms with E-state index in [1.165, 1.54) is 11.8 Å². The summed E-state index contributed by atoms with van der Waals surface area (Å²) in [4.78, 5) is 12.5. The minimum Gasteiger partial charge on any atom is -0.467 e. The van der Waals surface area contributed by atoms with Crippen LogP contribution < -0.4 is 5.32 Å². The van der Waals surface area contributed by atoms with Crippen molar-refractivity contribution in [1.29, 1.82) is 0 Å². The number of nitrogens with one attached hydrogen (secondary N) is 1. The van der Waals surface area contributed by atoms with Crippen molar-refractivity contribution in [1.82, 2.24) is 14.8 Å². The summed E-state index contributed by atoms with van der Waals surface area (Å²) in [6.07, 6.45) is 1.63. The molecule has 0 fully saturated rings. The minimum atomic E-state index is -0.105. The molecule has 0 aliphatic carbocycles. The van der Waals surface area contributed by atoms with Gasteiger partial charge in [-0.3, -0.25) is 9.36 Å². The number of rotatable bonds is 7. The van der Waals surface area contributed by atoms with Gasteiger partial charge in [0.15, 0.2) is 11.0 Å². The van der Waals surface area contributed by atoms with E-state index in [0.29, 0.717) is 22.5 Å². The number of benzene rings is 2. The van der Waals surface area contributed by atoms with Crippen LogP contribution >= 0.6 is 23.4 Å². The van der Waals surface area contributed by atoms with Crippen molar-refractivity contribution < 1.29 is 9.21 Å². The number of furan rings is 1. The van der Waals surface area contributed by atoms with Crippen LogP contribution in [0.15, 0.2) is 76.5 Å². The second kappa shape index (κ2) is 9.19. The Balaban J connectivity index is 1.55. The highest BCUT2D eigenvalue weighted by Crippen LogP contribution is 2.27. The molecule has 2 aromatic heterocycles. The van der Waals surface area contributed by atoms with E-state index < -0.39 is 0 Å². The summed E-state index contributed by atoms with van der Waals surface area (Å²) in [7, 11) is 0. The summed E-state index contributed by atoms with van der Waals surface area (Å²) >= 11 is 7.48. The molecule has 4 aromatic rings. The lowest BCUT2D eigenvalue weighted by molar-refractivity contribution is -0.113. The lowest BCUT2D eigenvalue weighted by atomic mass is 10.2. The fourth-order valence-electron chi connectivity index (χ4n) is 2.97. The van der Waals surface area contributed by atoms with Gasteiger partial charge >= 0.3 is 0 Å². The van der Waals surface area contributed by atoms with Gasteiger partial charge in [-0.1, -0.05) is 53.7 Å². The Labute approximate surface area is 183 Å². The molecule has 0 aliphatic heterocycles. The normalized spacial score (nSPS) is 10.9. The SMILES string of the molecule is Cc1ccccc1NC(=O)CSc1nnc(-c2cccc(Cl)c2)n1Cc1ccco1. The molecule has 0 radical (unpaired) electrons. The second-order valence-electron chi connectivity index (χ2n) is 6.63. The maximum Gasteiger partial charge on any atom is 0.234 e. The van der Waals surface area contributed by atoms with Crippen LogP contribution in [0.1, 0.15) is 11.3 Å². The molecule has 4 rings (SSSR count). The molecule has 1 N–H and O–H groups in total. The third kappa shape index (κ3) is 4.75. The van der Waals surface area contributed by atoms with Crippen LogP contribution in [0, 0.1) is 6.92 Å². The fraction of sp³-hybridized carbons (Fsp3) is 0.136. The molecule has 0 unspecified atom stereocenters. The van der Waals surface area contributed by atoms with Crippen molar-refractivity contribution >= 4 is 35.0 Å². The maximum absolute atomic E-state index is 12.5. The Kier molecular flexibility index (Phi) is 6.21. The van der Waals surface area contributed by atoms with Crippen molar-refractivity contribution in [2.24, 2.45) is 0 Å². The van der Waals surface area contributed by atoms with Gasteiger partial charge in [-0.25, -0.2) is 0 Å². The average molecular weight is 439 g/mol. The summed E-state index contributed by atoms with van der Waals surface area (Å²) in [6, 6.07) is 18.8. The van der Waals surface area contributed by atoms with Crippen LogP contribution in [0.4, 0.5) is 5.69 Å². The van der Waals surface area contributed by atoms with E-state index >= 15 is 0 Å². The van der Waals surface area contributed by atoms with Crippen LogP contribution in [-0.4, -0.2) is 26.4 Å². The highest BCUT2D eigenvalue weighted by molar-refractivity contribution is 7.99. The number of aryl methyl sites for hydroxylation is 1. The molecule has 2 heterocycles. The van der Waals surface area contributed by atoms with Crippen molar-refractivity contribution in [2.45, 2.75) is 18.6 Å². The molecule has 0 bridgehead atoms. The maximum atomic E-state index is 12.5. The molecule has 8 heteroatoms. The van der Waals surface area contributed by atoms with Gasteiger partial charge in [0, 0.05) is 16.3 Å². The Hall–Kier alpha value is -3.03. The smallest absolute Gasteiger partial charge is 0.234 e. The molecule has 2 aromatic carbocycles. The van der Waals surface area contributed by atoms with Crippen molar-refractivity contribution in [3.05, 3.63) is 83.3 Å². The number of halogens is 1. The first-order chi connectivity index (χ1) is 14.6. The van der Waals surface area contributed by atoms with Gasteiger partial charge < -0.3 is 9.73 Å². The summed E-state index contributed by atoms with van der Waals surface area (Å²) in [5, 5.41) is 12.8. The minimum absolute atomic E-state index is 0.105. The highest BCUT2D eigenvalue weighted by Gasteiger charge is 2.17. The van der Waals surface area contributed by atoms with Gasteiger partial charge in [0.05, 0.1) is 18.6 Å². The lowest BCUT2D eigenvalue weighted by Gasteiger charge is -2.10. The summed E-state index contributed by atoms with van der Waals surface area (Å²) < 4.78 is 7.43. The van der Waals surface area contributed by atoms with E-state index in [1.54, 1.807) is 6.26 Å². The van der Waals surface area contributed by atoms with E-state index in [2.05, 4.69) is 15.5 Å². The van der Waals surface area contributed by atoms with Crippen LogP contribution in [0.25, 0.3) is 11.4 Å². The van der Waals surface area contributed by atoms with E-state index in [0.717, 1.165) is 22.6 Å². The molecular formula is C22H19ClN4O2S. The van der Waals surface area contributed by atoms with E-state index in [4.69, 9.17) is 16.0 Å². The summed E-state index contributed by atoms with van der Waals surface area (Å²) in [5.41, 5.74) is 2.66. The molecule has 1 amide bonds. The zero-order chi connectivity index (χ0) is 20.9. The third-order valence-electron chi connectivity index (χ3n) is 4.45. The van der Waals surface area contributed by atoms with Gasteiger partial charge in [-0.15, -0.1) is 10.2 Å². The topological polar surface area (TPSA) is 73.0 Å². The number of anilines is 1. The number of amides is 1. The first-order valence-electron chi connectivity index (χ1n) is 9.30. The number of aromatic nitrogens is 3. The lowest BCUT2D eigenvalue weighted by Crippen LogP contribution is -2.15. The van der Waals surface area contributed by atoms with Crippen molar-refractivity contribution in [2.75, 3.05) is 11.1 Å². The average Bonchev–Trinajstić information content (AvgIpc) is 3.39. The number of para-hydroxylation sites is 1. The van der Waals surface area contributed by atoms with Gasteiger partial charge in [-0.2, -0.15) is 0 Å². The third-order valence-corrected chi connectivity index (χ3v) is 5.65. The number of carbonyl (C=O) groups excluding carboxylic acids is 1. The van der Waals surface area contributed by atoms with Crippen LogP contribution in [-0.2, 0) is 11.3 Å². The summed E-state index contributed by atoms with van der Waals surface area (Å²) in [5.74, 6) is 1.53. The predicted octanol–water partition coefficient (Wildman–Crippen LogP) is 5.28. The zero-order valence-electron chi connectivity index (χ0n) is 16.2. The molecule has 0 aliphatic rings. The van der Waals surface area contributed by atoms with Crippen molar-refractivity contribution in [3.63, 3.8) is 0 Å². The quantitative estimate of drug-likeness (QED) is 0.397. The standard InChI is InChI=1S/C22H19ClN4O2S/c1-15-6-2-3-10-19(15)24-20(28)14-30-22-26-25-21(16-7-4-8-17(23)12-16)27(22)13-18-9-5-11-29-18/h2-12H,13-14H2,1H3,(H,24,28). The number of thioether (sulfide) groups is 1. The molecule has 6 nitrogen and oxygen atoms in total. The molecule has 0 spiro atoms. The summed E-state index contributed by atoms with van der Waals surface area (Å²) in [6.45, 7) is 2.41. The predicted molar refractivity (Wildman–Crippen MR) is 119 cm³/mol. The van der Waals surface area contributed by atoms with Gasteiger partial charge in [0.2, 0.25) is 5.91 Å². The Morgan fingerprint density at radius 2 is 2.00 bits per heavy atom. The molecule has 30 heavy (non-hydrogen) atoms. The molecule has 0 saturated carbocycles. The number of hydrogen-bond acceptors (Lipinski definition) is 5. The van der Waals surface area contributed by atoms with Gasteiger partial charge in [-0.05, 0) is 42.8 Å². The largest absolute Gasteiger partial charge is 0.467 e. The zero-order valence-corrected chi connectivity index (χ0v) is 17.8. The highest BCUT2D eigenvalue weighted by atomic mass is 35.5. The van der Waals surface area contributed by atoms with Crippen LogP contribution in [0.3, 0.4) is 0 Å². The molecule has 0 saturated heterocycles. The van der Waals surface area contributed by atoms with Gasteiger partial charge in [0.25, 0.3) is 0 Å². The van der Waals surface area contributed by atoms with Crippen LogP contribution in [0.5, 0.6) is 0 Å². The monoisotopic (exact) mass is 438 g/mol. The van der Waals surface area contributed by atoms with Crippen LogP contribution in [0.2, 0.25) is 5.02 Å². The number of hydrogen-bond donors (Lipinski definition) is 1. The Bertz CT molecular complexity index is 1160. The Morgan fingerprint density at radius 3 is 2.77 bits per heavy atom. The first-order valence-corrected chi connectivity index (χ1v) is 10.7. The van der Waals surface area contributed by atoms with E-state index in [9.17, 15) is 4.79 Å². The molecule has 0 atom stereocenters. The van der Waals surface area contributed by atoms with Crippen molar-refractivity contribution in [3.8, 4) is 11.4 Å². The van der Waals surface area contributed by atoms with E-state index in [1.807, 2.05) is 72.2 Å². The fourth-order valence-corrected chi connectivity index (χ4v) is 3.90. The number of carbonyl (C=O) groups is 1. The van der Waals surface area contributed by atoms with E-state index in [-0.39, 0.29) is 11.7 Å². The Morgan fingerprint density at radius 1 is 1.13 bits per heavy atom. The second-order valence-corrected chi connectivity index (χ2v) is 8.01.